The number of ether oxygens (including phenoxy) is 1. The molecule has 0 saturated carbocycles. The maximum Gasteiger partial charge on any atom is 0.257 e. The van der Waals surface area contributed by atoms with Crippen LogP contribution >= 0.6 is 0 Å². The first kappa shape index (κ1) is 23.6. The van der Waals surface area contributed by atoms with Gasteiger partial charge in [-0.05, 0) is 43.2 Å². The summed E-state index contributed by atoms with van der Waals surface area (Å²) in [4.78, 5) is 38.3. The molecule has 0 bridgehead atoms. The van der Waals surface area contributed by atoms with Crippen molar-refractivity contribution in [3.05, 3.63) is 99.9 Å². The molecule has 0 aliphatic carbocycles. The SMILES string of the molecule is C=CCNC(=O)c1cn(Cc2ccc(C)o2)cc(C(=O)NCCc2cccc(OC)c2)c1=O. The number of aryl methyl sites for hydroxylation is 1. The number of nitrogens with one attached hydrogen (secondary N) is 2. The predicted molar refractivity (Wildman–Crippen MR) is 125 cm³/mol. The molecule has 0 aliphatic rings. The van der Waals surface area contributed by atoms with Gasteiger partial charge in [0.25, 0.3) is 11.8 Å². The average molecular weight is 450 g/mol. The minimum absolute atomic E-state index is 0.116. The summed E-state index contributed by atoms with van der Waals surface area (Å²) in [7, 11) is 1.59. The Morgan fingerprint density at radius 2 is 1.85 bits per heavy atom. The van der Waals surface area contributed by atoms with E-state index in [0.717, 1.165) is 17.1 Å². The van der Waals surface area contributed by atoms with Crippen LogP contribution in [0.4, 0.5) is 0 Å². The zero-order valence-electron chi connectivity index (χ0n) is 18.7. The Balaban J connectivity index is 1.82. The number of amides is 2. The van der Waals surface area contributed by atoms with E-state index in [-0.39, 0.29) is 24.2 Å². The summed E-state index contributed by atoms with van der Waals surface area (Å²) in [5.74, 6) is 0.984. The molecule has 0 spiro atoms. The number of methoxy groups -OCH3 is 1. The van der Waals surface area contributed by atoms with Crippen LogP contribution in [0.3, 0.4) is 0 Å². The van der Waals surface area contributed by atoms with Gasteiger partial charge in [-0.1, -0.05) is 18.2 Å². The number of rotatable bonds is 10. The third-order valence-corrected chi connectivity index (χ3v) is 4.94. The van der Waals surface area contributed by atoms with Gasteiger partial charge in [-0.25, -0.2) is 0 Å². The van der Waals surface area contributed by atoms with E-state index < -0.39 is 17.2 Å². The summed E-state index contributed by atoms with van der Waals surface area (Å²) in [5.41, 5.74) is 0.107. The fourth-order valence-corrected chi connectivity index (χ4v) is 3.30. The highest BCUT2D eigenvalue weighted by Crippen LogP contribution is 2.13. The molecule has 2 N–H and O–H groups in total. The highest BCUT2D eigenvalue weighted by molar-refractivity contribution is 5.99. The Bertz CT molecular complexity index is 1210. The lowest BCUT2D eigenvalue weighted by atomic mass is 10.1. The van der Waals surface area contributed by atoms with Gasteiger partial charge in [0, 0.05) is 25.5 Å². The summed E-state index contributed by atoms with van der Waals surface area (Å²) < 4.78 is 12.4. The molecular formula is C25H27N3O5. The molecule has 1 aromatic carbocycles. The maximum atomic E-state index is 12.9. The quantitative estimate of drug-likeness (QED) is 0.464. The maximum absolute atomic E-state index is 12.9. The van der Waals surface area contributed by atoms with E-state index in [4.69, 9.17) is 9.15 Å². The normalized spacial score (nSPS) is 10.5. The van der Waals surface area contributed by atoms with Crippen LogP contribution in [0.15, 0.2) is 70.7 Å². The zero-order chi connectivity index (χ0) is 23.8. The van der Waals surface area contributed by atoms with Crippen LogP contribution in [-0.2, 0) is 13.0 Å². The van der Waals surface area contributed by atoms with E-state index in [9.17, 15) is 14.4 Å². The van der Waals surface area contributed by atoms with Crippen LogP contribution in [0, 0.1) is 6.92 Å². The van der Waals surface area contributed by atoms with Crippen LogP contribution in [-0.4, -0.2) is 36.6 Å². The zero-order valence-corrected chi connectivity index (χ0v) is 18.7. The fourth-order valence-electron chi connectivity index (χ4n) is 3.30. The Kier molecular flexibility index (Phi) is 7.86. The summed E-state index contributed by atoms with van der Waals surface area (Å²) in [6.45, 7) is 6.16. The fraction of sp³-hybridized carbons (Fsp3) is 0.240. The molecule has 0 atom stereocenters. The highest BCUT2D eigenvalue weighted by Gasteiger charge is 2.19. The Hall–Kier alpha value is -4.07. The van der Waals surface area contributed by atoms with Crippen LogP contribution in [0.1, 0.15) is 37.8 Å². The standard InChI is InChI=1S/C25H27N3O5/c1-4-11-26-24(30)21-15-28(14-20-9-8-17(2)33-20)16-22(23(21)29)25(31)27-12-10-18-6-5-7-19(13-18)32-3/h4-9,13,15-16H,1,10-12,14H2,2-3H3,(H,26,30)(H,27,31). The minimum Gasteiger partial charge on any atom is -0.497 e. The number of hydrogen-bond donors (Lipinski definition) is 2. The second kappa shape index (κ2) is 11.0. The van der Waals surface area contributed by atoms with Crippen molar-refractivity contribution in [3.63, 3.8) is 0 Å². The lowest BCUT2D eigenvalue weighted by molar-refractivity contribution is 0.0952. The van der Waals surface area contributed by atoms with E-state index in [1.54, 1.807) is 17.7 Å². The molecule has 0 saturated heterocycles. The van der Waals surface area contributed by atoms with Crippen LogP contribution in [0.2, 0.25) is 0 Å². The second-order valence-corrected chi connectivity index (χ2v) is 7.46. The van der Waals surface area contributed by atoms with Crippen molar-refractivity contribution in [2.45, 2.75) is 19.9 Å². The second-order valence-electron chi connectivity index (χ2n) is 7.46. The molecule has 0 fully saturated rings. The van der Waals surface area contributed by atoms with Gasteiger partial charge < -0.3 is 24.4 Å². The molecular weight excluding hydrogens is 422 g/mol. The number of pyridine rings is 1. The van der Waals surface area contributed by atoms with Crippen molar-refractivity contribution in [1.82, 2.24) is 15.2 Å². The molecule has 0 unspecified atom stereocenters. The smallest absolute Gasteiger partial charge is 0.257 e. The Morgan fingerprint density at radius 1 is 1.12 bits per heavy atom. The number of nitrogens with zero attached hydrogens (tertiary/aromatic N) is 1. The lowest BCUT2D eigenvalue weighted by Crippen LogP contribution is -2.36. The molecule has 3 aromatic rings. The third-order valence-electron chi connectivity index (χ3n) is 4.94. The minimum atomic E-state index is -0.637. The molecule has 2 amide bonds. The van der Waals surface area contributed by atoms with Gasteiger partial charge in [-0.3, -0.25) is 14.4 Å². The molecule has 33 heavy (non-hydrogen) atoms. The van der Waals surface area contributed by atoms with Gasteiger partial charge in [-0.15, -0.1) is 6.58 Å². The van der Waals surface area contributed by atoms with Crippen LogP contribution in [0.5, 0.6) is 5.75 Å². The summed E-state index contributed by atoms with van der Waals surface area (Å²) in [6.07, 6.45) is 4.93. The molecule has 2 heterocycles. The van der Waals surface area contributed by atoms with E-state index in [1.165, 1.54) is 18.5 Å². The van der Waals surface area contributed by atoms with Crippen molar-refractivity contribution in [2.75, 3.05) is 20.2 Å². The van der Waals surface area contributed by atoms with Crippen molar-refractivity contribution in [2.24, 2.45) is 0 Å². The summed E-state index contributed by atoms with van der Waals surface area (Å²) in [6, 6.07) is 11.2. The number of benzene rings is 1. The average Bonchev–Trinajstić information content (AvgIpc) is 3.22. The first-order valence-electron chi connectivity index (χ1n) is 10.5. The van der Waals surface area contributed by atoms with Gasteiger partial charge in [-0.2, -0.15) is 0 Å². The Morgan fingerprint density at radius 3 is 2.48 bits per heavy atom. The van der Waals surface area contributed by atoms with E-state index >= 15 is 0 Å². The first-order valence-corrected chi connectivity index (χ1v) is 10.5. The van der Waals surface area contributed by atoms with Gasteiger partial charge in [0.1, 0.15) is 28.4 Å². The third kappa shape index (κ3) is 6.22. The van der Waals surface area contributed by atoms with E-state index in [2.05, 4.69) is 17.2 Å². The van der Waals surface area contributed by atoms with Crippen molar-refractivity contribution < 1.29 is 18.7 Å². The number of hydrogen-bond acceptors (Lipinski definition) is 5. The molecule has 0 radical (unpaired) electrons. The summed E-state index contributed by atoms with van der Waals surface area (Å²) >= 11 is 0. The number of furan rings is 1. The highest BCUT2D eigenvalue weighted by atomic mass is 16.5. The number of carbonyl (C=O) groups is 2. The molecule has 8 nitrogen and oxygen atoms in total. The van der Waals surface area contributed by atoms with E-state index in [0.29, 0.717) is 18.7 Å². The molecule has 8 heteroatoms. The summed E-state index contributed by atoms with van der Waals surface area (Å²) in [5, 5.41) is 5.35. The van der Waals surface area contributed by atoms with Gasteiger partial charge in [0.05, 0.1) is 13.7 Å². The molecule has 3 rings (SSSR count). The lowest BCUT2D eigenvalue weighted by Gasteiger charge is -2.12. The topological polar surface area (TPSA) is 103 Å². The Labute approximate surface area is 191 Å². The molecule has 172 valence electrons. The van der Waals surface area contributed by atoms with Crippen molar-refractivity contribution >= 4 is 11.8 Å². The molecule has 0 aliphatic heterocycles. The van der Waals surface area contributed by atoms with Gasteiger partial charge in [0.2, 0.25) is 5.43 Å². The van der Waals surface area contributed by atoms with Crippen LogP contribution in [0.25, 0.3) is 0 Å². The van der Waals surface area contributed by atoms with Gasteiger partial charge >= 0.3 is 0 Å². The van der Waals surface area contributed by atoms with Crippen molar-refractivity contribution in [1.29, 1.82) is 0 Å². The van der Waals surface area contributed by atoms with Gasteiger partial charge in [0.15, 0.2) is 0 Å². The predicted octanol–water partition coefficient (Wildman–Crippen LogP) is 2.69. The monoisotopic (exact) mass is 449 g/mol. The number of aromatic nitrogens is 1. The largest absolute Gasteiger partial charge is 0.497 e. The van der Waals surface area contributed by atoms with E-state index in [1.807, 2.05) is 37.3 Å². The van der Waals surface area contributed by atoms with Crippen molar-refractivity contribution in [3.8, 4) is 5.75 Å². The number of carbonyl (C=O) groups excluding carboxylic acids is 2. The molecule has 2 aromatic heterocycles. The first-order chi connectivity index (χ1) is 15.9. The van der Waals surface area contributed by atoms with Crippen LogP contribution < -0.4 is 20.8 Å².